The lowest BCUT2D eigenvalue weighted by molar-refractivity contribution is 0.113. The summed E-state index contributed by atoms with van der Waals surface area (Å²) in [6, 6.07) is 7.20. The van der Waals surface area contributed by atoms with Gasteiger partial charge in [-0.2, -0.15) is 0 Å². The average molecular weight is 332 g/mol. The molecule has 3 rings (SSSR count). The van der Waals surface area contributed by atoms with E-state index >= 15 is 0 Å². The molecule has 0 saturated heterocycles. The van der Waals surface area contributed by atoms with Gasteiger partial charge in [0.25, 0.3) is 0 Å². The van der Waals surface area contributed by atoms with Crippen molar-refractivity contribution < 1.29 is 10.3 Å². The van der Waals surface area contributed by atoms with Crippen molar-refractivity contribution in [2.45, 2.75) is 33.1 Å². The van der Waals surface area contributed by atoms with E-state index < -0.39 is 0 Å². The number of aromatic hydroxyl groups is 1. The van der Waals surface area contributed by atoms with Crippen molar-refractivity contribution >= 4 is 22.6 Å². The van der Waals surface area contributed by atoms with Gasteiger partial charge in [0.2, 0.25) is 0 Å². The Morgan fingerprint density at radius 2 is 1.83 bits per heavy atom. The lowest BCUT2D eigenvalue weighted by Gasteiger charge is -2.23. The Balaban J connectivity index is 2.40. The lowest BCUT2D eigenvalue weighted by atomic mass is 9.83. The Bertz CT molecular complexity index is 910. The van der Waals surface area contributed by atoms with Gasteiger partial charge in [0, 0.05) is 16.7 Å². The number of aryl methyl sites for hydroxylation is 1. The molecular weight excluding hydrogens is 314 g/mol. The minimum absolute atomic E-state index is 0.171. The van der Waals surface area contributed by atoms with E-state index in [0.717, 1.165) is 11.1 Å². The SMILES string of the molecule is Cc1cc(-c2c(Cl)ccc3nn(O)nc23)c(O)c(C(C)(C)C)c1. The van der Waals surface area contributed by atoms with E-state index in [9.17, 15) is 10.3 Å². The van der Waals surface area contributed by atoms with Crippen LogP contribution in [0.15, 0.2) is 24.3 Å². The highest BCUT2D eigenvalue weighted by molar-refractivity contribution is 6.35. The molecule has 0 aliphatic heterocycles. The molecule has 0 spiro atoms. The summed E-state index contributed by atoms with van der Waals surface area (Å²) in [7, 11) is 0. The zero-order valence-electron chi connectivity index (χ0n) is 13.4. The van der Waals surface area contributed by atoms with E-state index in [1.165, 1.54) is 0 Å². The number of hydrogen-bond acceptors (Lipinski definition) is 4. The van der Waals surface area contributed by atoms with Crippen LogP contribution in [0.1, 0.15) is 31.9 Å². The second-order valence-electron chi connectivity index (χ2n) is 6.72. The molecule has 0 fully saturated rings. The van der Waals surface area contributed by atoms with Gasteiger partial charge < -0.3 is 10.3 Å². The van der Waals surface area contributed by atoms with Gasteiger partial charge in [-0.05, 0) is 41.1 Å². The molecule has 0 unspecified atom stereocenters. The molecule has 1 heterocycles. The first kappa shape index (κ1) is 15.6. The van der Waals surface area contributed by atoms with Crippen LogP contribution in [0, 0.1) is 6.92 Å². The summed E-state index contributed by atoms with van der Waals surface area (Å²) in [5.74, 6) is 0.171. The van der Waals surface area contributed by atoms with Crippen molar-refractivity contribution in [3.05, 3.63) is 40.4 Å². The van der Waals surface area contributed by atoms with Gasteiger partial charge in [-0.3, -0.25) is 0 Å². The highest BCUT2D eigenvalue weighted by atomic mass is 35.5. The molecule has 0 saturated carbocycles. The van der Waals surface area contributed by atoms with Gasteiger partial charge in [0.05, 0.1) is 5.02 Å². The van der Waals surface area contributed by atoms with Crippen LogP contribution in [0.25, 0.3) is 22.2 Å². The summed E-state index contributed by atoms with van der Waals surface area (Å²) < 4.78 is 0. The van der Waals surface area contributed by atoms with E-state index in [-0.39, 0.29) is 11.2 Å². The van der Waals surface area contributed by atoms with Crippen LogP contribution in [0.2, 0.25) is 5.02 Å². The molecular formula is C17H18ClN3O2. The summed E-state index contributed by atoms with van der Waals surface area (Å²) in [5, 5.41) is 28.6. The Kier molecular flexibility index (Phi) is 3.48. The maximum absolute atomic E-state index is 10.8. The number of phenolic OH excluding ortho intramolecular Hbond substituents is 1. The summed E-state index contributed by atoms with van der Waals surface area (Å²) in [5.41, 5.74) is 3.72. The zero-order valence-corrected chi connectivity index (χ0v) is 14.2. The molecule has 0 amide bonds. The number of phenols is 1. The smallest absolute Gasteiger partial charge is 0.127 e. The lowest BCUT2D eigenvalue weighted by Crippen LogP contribution is -2.12. The Morgan fingerprint density at radius 1 is 1.13 bits per heavy atom. The number of aromatic nitrogens is 3. The maximum atomic E-state index is 10.8. The zero-order chi connectivity index (χ0) is 16.9. The van der Waals surface area contributed by atoms with Crippen LogP contribution in [-0.2, 0) is 5.41 Å². The number of halogens is 1. The number of nitrogens with zero attached hydrogens (tertiary/aromatic N) is 3. The summed E-state index contributed by atoms with van der Waals surface area (Å²) >= 11 is 6.37. The Hall–Kier alpha value is -2.27. The van der Waals surface area contributed by atoms with E-state index in [1.807, 2.05) is 39.8 Å². The number of hydrogen-bond donors (Lipinski definition) is 2. The van der Waals surface area contributed by atoms with E-state index in [2.05, 4.69) is 10.2 Å². The van der Waals surface area contributed by atoms with E-state index in [0.29, 0.717) is 32.1 Å². The molecule has 6 heteroatoms. The van der Waals surface area contributed by atoms with Crippen molar-refractivity contribution in [3.8, 4) is 16.9 Å². The predicted molar refractivity (Wildman–Crippen MR) is 90.3 cm³/mol. The third-order valence-corrected chi connectivity index (χ3v) is 4.14. The second-order valence-corrected chi connectivity index (χ2v) is 7.12. The largest absolute Gasteiger partial charge is 0.507 e. The maximum Gasteiger partial charge on any atom is 0.127 e. The van der Waals surface area contributed by atoms with Crippen LogP contribution in [0.4, 0.5) is 0 Å². The number of benzene rings is 2. The molecule has 5 nitrogen and oxygen atoms in total. The fourth-order valence-corrected chi connectivity index (χ4v) is 3.00. The average Bonchev–Trinajstić information content (AvgIpc) is 2.80. The molecule has 3 aromatic rings. The minimum atomic E-state index is -0.222. The first-order valence-electron chi connectivity index (χ1n) is 7.28. The molecule has 2 N–H and O–H groups in total. The third-order valence-electron chi connectivity index (χ3n) is 3.82. The summed E-state index contributed by atoms with van der Waals surface area (Å²) in [4.78, 5) is 0.516. The molecule has 0 bridgehead atoms. The molecule has 0 aliphatic carbocycles. The van der Waals surface area contributed by atoms with Gasteiger partial charge in [0.15, 0.2) is 0 Å². The molecule has 23 heavy (non-hydrogen) atoms. The number of rotatable bonds is 1. The topological polar surface area (TPSA) is 71.2 Å². The fraction of sp³-hybridized carbons (Fsp3) is 0.294. The predicted octanol–water partition coefficient (Wildman–Crippen LogP) is 4.30. The standard InChI is InChI=1S/C17H18ClN3O2/c1-9-7-10(16(22)11(8-9)17(2,3)4)14-12(18)5-6-13-15(14)20-21(23)19-13/h5-8,22-23H,1-4H3. The van der Waals surface area contributed by atoms with Gasteiger partial charge in [-0.15, -0.1) is 10.2 Å². The first-order valence-corrected chi connectivity index (χ1v) is 7.65. The van der Waals surface area contributed by atoms with Crippen molar-refractivity contribution in [2.75, 3.05) is 0 Å². The number of fused-ring (bicyclic) bond motifs is 1. The Labute approximate surface area is 139 Å². The highest BCUT2D eigenvalue weighted by Crippen LogP contribution is 2.43. The molecule has 0 radical (unpaired) electrons. The molecule has 120 valence electrons. The van der Waals surface area contributed by atoms with Gasteiger partial charge in [-0.25, -0.2) is 0 Å². The first-order chi connectivity index (χ1) is 10.7. The monoisotopic (exact) mass is 331 g/mol. The third kappa shape index (κ3) is 2.61. The highest BCUT2D eigenvalue weighted by Gasteiger charge is 2.24. The van der Waals surface area contributed by atoms with Crippen LogP contribution >= 0.6 is 11.6 Å². The van der Waals surface area contributed by atoms with Crippen molar-refractivity contribution in [3.63, 3.8) is 0 Å². The summed E-state index contributed by atoms with van der Waals surface area (Å²) in [6.45, 7) is 8.08. The van der Waals surface area contributed by atoms with E-state index in [4.69, 9.17) is 11.6 Å². The van der Waals surface area contributed by atoms with Gasteiger partial charge >= 0.3 is 0 Å². The van der Waals surface area contributed by atoms with Crippen LogP contribution in [0.5, 0.6) is 5.75 Å². The molecule has 0 aliphatic rings. The Morgan fingerprint density at radius 3 is 2.48 bits per heavy atom. The van der Waals surface area contributed by atoms with Crippen LogP contribution in [-0.4, -0.2) is 25.5 Å². The second kappa shape index (κ2) is 5.13. The van der Waals surface area contributed by atoms with Gasteiger partial charge in [0.1, 0.15) is 16.8 Å². The fourth-order valence-electron chi connectivity index (χ4n) is 2.74. The molecule has 0 atom stereocenters. The summed E-state index contributed by atoms with van der Waals surface area (Å²) in [6.07, 6.45) is 0. The van der Waals surface area contributed by atoms with Crippen molar-refractivity contribution in [2.24, 2.45) is 0 Å². The quantitative estimate of drug-likeness (QED) is 0.652. The van der Waals surface area contributed by atoms with E-state index in [1.54, 1.807) is 12.1 Å². The normalized spacial score (nSPS) is 12.0. The van der Waals surface area contributed by atoms with Crippen molar-refractivity contribution in [1.29, 1.82) is 0 Å². The van der Waals surface area contributed by atoms with Crippen LogP contribution in [0.3, 0.4) is 0 Å². The molecule has 2 aromatic carbocycles. The van der Waals surface area contributed by atoms with Crippen molar-refractivity contribution in [1.82, 2.24) is 15.2 Å². The molecule has 1 aromatic heterocycles. The van der Waals surface area contributed by atoms with Crippen LogP contribution < -0.4 is 0 Å². The van der Waals surface area contributed by atoms with Gasteiger partial charge in [-0.1, -0.05) is 38.4 Å². The minimum Gasteiger partial charge on any atom is -0.507 e.